The van der Waals surface area contributed by atoms with E-state index in [0.29, 0.717) is 19.0 Å². The standard InChI is InChI=1S/C18H29N3O2.HI/c1-5-19-16(20-12-17(2,3)23-4)21-13-18(22)11-10-14-8-6-7-9-15(14)18;/h6-9,22H,5,10-13H2,1-4H3,(H2,19,20,21);1H. The molecular weight excluding hydrogens is 417 g/mol. The van der Waals surface area contributed by atoms with Gasteiger partial charge in [-0.3, -0.25) is 4.99 Å². The minimum Gasteiger partial charge on any atom is -0.383 e. The molecule has 5 nitrogen and oxygen atoms in total. The smallest absolute Gasteiger partial charge is 0.191 e. The van der Waals surface area contributed by atoms with E-state index in [-0.39, 0.29) is 29.6 Å². The maximum absolute atomic E-state index is 11.0. The number of nitrogens with zero attached hydrogens (tertiary/aromatic N) is 1. The molecule has 1 aliphatic rings. The highest BCUT2D eigenvalue weighted by atomic mass is 127. The van der Waals surface area contributed by atoms with Crippen molar-refractivity contribution >= 4 is 29.9 Å². The molecule has 24 heavy (non-hydrogen) atoms. The first-order valence-corrected chi connectivity index (χ1v) is 8.28. The topological polar surface area (TPSA) is 65.9 Å². The van der Waals surface area contributed by atoms with E-state index in [2.05, 4.69) is 21.7 Å². The van der Waals surface area contributed by atoms with Gasteiger partial charge in [-0.05, 0) is 44.7 Å². The second-order valence-electron chi connectivity index (χ2n) is 6.70. The number of rotatable bonds is 6. The highest BCUT2D eigenvalue weighted by molar-refractivity contribution is 14.0. The molecule has 0 aliphatic heterocycles. The van der Waals surface area contributed by atoms with Gasteiger partial charge in [-0.2, -0.15) is 0 Å². The fraction of sp³-hybridized carbons (Fsp3) is 0.611. The van der Waals surface area contributed by atoms with Crippen LogP contribution in [0.5, 0.6) is 0 Å². The van der Waals surface area contributed by atoms with E-state index in [0.717, 1.165) is 24.9 Å². The molecule has 0 amide bonds. The van der Waals surface area contributed by atoms with Crippen LogP contribution >= 0.6 is 24.0 Å². The molecule has 1 atom stereocenters. The number of methoxy groups -OCH3 is 1. The lowest BCUT2D eigenvalue weighted by Crippen LogP contribution is -2.45. The van der Waals surface area contributed by atoms with Crippen molar-refractivity contribution in [1.82, 2.24) is 10.6 Å². The summed E-state index contributed by atoms with van der Waals surface area (Å²) < 4.78 is 5.40. The van der Waals surface area contributed by atoms with Gasteiger partial charge in [0.2, 0.25) is 0 Å². The van der Waals surface area contributed by atoms with Gasteiger partial charge in [0.15, 0.2) is 5.96 Å². The first-order chi connectivity index (χ1) is 10.9. The molecule has 0 bridgehead atoms. The van der Waals surface area contributed by atoms with E-state index in [1.165, 1.54) is 5.56 Å². The first kappa shape index (κ1) is 21.2. The van der Waals surface area contributed by atoms with Gasteiger partial charge >= 0.3 is 0 Å². The highest BCUT2D eigenvalue weighted by Crippen LogP contribution is 2.36. The summed E-state index contributed by atoms with van der Waals surface area (Å²) in [6.45, 7) is 7.80. The zero-order valence-corrected chi connectivity index (χ0v) is 17.4. The predicted molar refractivity (Wildman–Crippen MR) is 109 cm³/mol. The summed E-state index contributed by atoms with van der Waals surface area (Å²) in [6.07, 6.45) is 1.65. The molecular formula is C18H30IN3O2. The number of fused-ring (bicyclic) bond motifs is 1. The minimum atomic E-state index is -0.830. The Bertz CT molecular complexity index is 563. The van der Waals surface area contributed by atoms with Crippen LogP contribution in [0.15, 0.2) is 29.3 Å². The van der Waals surface area contributed by atoms with Gasteiger partial charge in [-0.15, -0.1) is 24.0 Å². The minimum absolute atomic E-state index is 0. The van der Waals surface area contributed by atoms with E-state index in [4.69, 9.17) is 4.74 Å². The summed E-state index contributed by atoms with van der Waals surface area (Å²) in [4.78, 5) is 4.56. The van der Waals surface area contributed by atoms with Gasteiger partial charge < -0.3 is 20.5 Å². The Kier molecular flexibility index (Phi) is 7.95. The monoisotopic (exact) mass is 447 g/mol. The van der Waals surface area contributed by atoms with Gasteiger partial charge in [0.25, 0.3) is 0 Å². The van der Waals surface area contributed by atoms with Crippen molar-refractivity contribution in [3.8, 4) is 0 Å². The molecule has 1 unspecified atom stereocenters. The summed E-state index contributed by atoms with van der Waals surface area (Å²) in [6, 6.07) is 8.11. The molecule has 0 aromatic heterocycles. The van der Waals surface area contributed by atoms with Gasteiger partial charge in [-0.1, -0.05) is 24.3 Å². The lowest BCUT2D eigenvalue weighted by atomic mass is 9.96. The normalized spacial score (nSPS) is 20.3. The first-order valence-electron chi connectivity index (χ1n) is 8.28. The van der Waals surface area contributed by atoms with Gasteiger partial charge in [0.1, 0.15) is 5.60 Å². The van der Waals surface area contributed by atoms with E-state index in [1.807, 2.05) is 39.0 Å². The van der Waals surface area contributed by atoms with E-state index in [9.17, 15) is 5.11 Å². The Balaban J connectivity index is 0.00000288. The highest BCUT2D eigenvalue weighted by Gasteiger charge is 2.36. The lowest BCUT2D eigenvalue weighted by Gasteiger charge is -2.26. The van der Waals surface area contributed by atoms with Crippen LogP contribution in [0.1, 0.15) is 38.3 Å². The van der Waals surface area contributed by atoms with E-state index in [1.54, 1.807) is 7.11 Å². The van der Waals surface area contributed by atoms with Crippen molar-refractivity contribution in [3.05, 3.63) is 35.4 Å². The Morgan fingerprint density at radius 1 is 1.33 bits per heavy atom. The number of aryl methyl sites for hydroxylation is 1. The van der Waals surface area contributed by atoms with Crippen LogP contribution in [0.3, 0.4) is 0 Å². The van der Waals surface area contributed by atoms with E-state index < -0.39 is 5.60 Å². The number of halogens is 1. The summed E-state index contributed by atoms with van der Waals surface area (Å²) in [5.41, 5.74) is 1.13. The Hall–Kier alpha value is -0.860. The summed E-state index contributed by atoms with van der Waals surface area (Å²) in [7, 11) is 1.69. The fourth-order valence-corrected chi connectivity index (χ4v) is 2.76. The van der Waals surface area contributed by atoms with E-state index >= 15 is 0 Å². The summed E-state index contributed by atoms with van der Waals surface area (Å²) >= 11 is 0. The fourth-order valence-electron chi connectivity index (χ4n) is 2.76. The quantitative estimate of drug-likeness (QED) is 0.356. The third-order valence-electron chi connectivity index (χ3n) is 4.39. The van der Waals surface area contributed by atoms with Crippen LogP contribution in [-0.2, 0) is 16.8 Å². The Morgan fingerprint density at radius 3 is 2.71 bits per heavy atom. The molecule has 136 valence electrons. The average molecular weight is 447 g/mol. The number of aliphatic hydroxyl groups is 1. The number of aliphatic imine (C=N–C) groups is 1. The molecule has 2 rings (SSSR count). The van der Waals surface area contributed by atoms with Gasteiger partial charge in [0.05, 0.1) is 18.7 Å². The third kappa shape index (κ3) is 5.32. The number of ether oxygens (including phenoxy) is 1. The lowest BCUT2D eigenvalue weighted by molar-refractivity contribution is 0.0308. The van der Waals surface area contributed by atoms with Crippen molar-refractivity contribution in [2.24, 2.45) is 4.99 Å². The number of nitrogens with one attached hydrogen (secondary N) is 2. The number of hydrogen-bond donors (Lipinski definition) is 3. The molecule has 0 fully saturated rings. The second kappa shape index (κ2) is 9.01. The van der Waals surface area contributed by atoms with Gasteiger partial charge in [0, 0.05) is 13.7 Å². The molecule has 1 aromatic rings. The van der Waals surface area contributed by atoms with Crippen LogP contribution in [-0.4, -0.2) is 43.4 Å². The van der Waals surface area contributed by atoms with Gasteiger partial charge in [-0.25, -0.2) is 0 Å². The Labute approximate surface area is 162 Å². The van der Waals surface area contributed by atoms with Crippen LogP contribution < -0.4 is 10.6 Å². The molecule has 6 heteroatoms. The van der Waals surface area contributed by atoms with Crippen molar-refractivity contribution < 1.29 is 9.84 Å². The van der Waals surface area contributed by atoms with Crippen LogP contribution in [0.25, 0.3) is 0 Å². The van der Waals surface area contributed by atoms with Crippen molar-refractivity contribution in [1.29, 1.82) is 0 Å². The van der Waals surface area contributed by atoms with Crippen molar-refractivity contribution in [2.45, 2.75) is 44.8 Å². The van der Waals surface area contributed by atoms with Crippen molar-refractivity contribution in [3.63, 3.8) is 0 Å². The number of benzene rings is 1. The molecule has 0 saturated carbocycles. The maximum atomic E-state index is 11.0. The maximum Gasteiger partial charge on any atom is 0.191 e. The zero-order chi connectivity index (χ0) is 16.9. The van der Waals surface area contributed by atoms with Crippen LogP contribution in [0, 0.1) is 0 Å². The van der Waals surface area contributed by atoms with Crippen LogP contribution in [0.4, 0.5) is 0 Å². The largest absolute Gasteiger partial charge is 0.383 e. The predicted octanol–water partition coefficient (Wildman–Crippen LogP) is 2.42. The molecule has 1 aromatic carbocycles. The second-order valence-corrected chi connectivity index (χ2v) is 6.70. The molecule has 0 radical (unpaired) electrons. The zero-order valence-electron chi connectivity index (χ0n) is 15.1. The summed E-state index contributed by atoms with van der Waals surface area (Å²) in [5.74, 6) is 0.704. The average Bonchev–Trinajstić information content (AvgIpc) is 2.88. The molecule has 1 aliphatic carbocycles. The SMILES string of the molecule is CCNC(=NCC(C)(C)OC)NCC1(O)CCc2ccccc21.I. The van der Waals surface area contributed by atoms with Crippen molar-refractivity contribution in [2.75, 3.05) is 26.7 Å². The Morgan fingerprint density at radius 2 is 2.04 bits per heavy atom. The van der Waals surface area contributed by atoms with Crippen LogP contribution in [0.2, 0.25) is 0 Å². The number of hydrogen-bond acceptors (Lipinski definition) is 3. The molecule has 0 saturated heterocycles. The number of guanidine groups is 1. The molecule has 0 heterocycles. The molecule has 3 N–H and O–H groups in total. The summed E-state index contributed by atoms with van der Waals surface area (Å²) in [5, 5.41) is 17.5. The molecule has 0 spiro atoms. The third-order valence-corrected chi connectivity index (χ3v) is 4.39.